The molecule has 0 saturated carbocycles. The fraction of sp³-hybridized carbons (Fsp3) is 0.917. The number of ether oxygens (including phenoxy) is 1. The first-order valence-corrected chi connectivity index (χ1v) is 6.00. The Labute approximate surface area is 98.3 Å². The highest BCUT2D eigenvalue weighted by Crippen LogP contribution is 2.13. The van der Waals surface area contributed by atoms with Crippen LogP contribution in [0, 0.1) is 5.41 Å². The number of nitrogens with one attached hydrogen (secondary N) is 1. The van der Waals surface area contributed by atoms with Gasteiger partial charge in [0.25, 0.3) is 0 Å². The largest absolute Gasteiger partial charge is 0.379 e. The first-order valence-electron chi connectivity index (χ1n) is 6.00. The standard InChI is InChI=1S/C12H24N2O2/c1-10(13-11(15)12(2,3)4)9-14-5-7-16-8-6-14/h10H,5-9H2,1-4H3,(H,13,15)/t10-/m0/s1. The monoisotopic (exact) mass is 228 g/mol. The Morgan fingerprint density at radius 1 is 1.38 bits per heavy atom. The van der Waals surface area contributed by atoms with Crippen LogP contribution in [0.25, 0.3) is 0 Å². The first kappa shape index (κ1) is 13.5. The molecule has 0 bridgehead atoms. The van der Waals surface area contributed by atoms with Crippen molar-refractivity contribution in [2.75, 3.05) is 32.8 Å². The number of amides is 1. The van der Waals surface area contributed by atoms with Crippen molar-refractivity contribution in [2.24, 2.45) is 5.41 Å². The van der Waals surface area contributed by atoms with Gasteiger partial charge in [-0.15, -0.1) is 0 Å². The number of hydrogen-bond donors (Lipinski definition) is 1. The van der Waals surface area contributed by atoms with Gasteiger partial charge in [0.2, 0.25) is 5.91 Å². The zero-order chi connectivity index (χ0) is 12.2. The van der Waals surface area contributed by atoms with Gasteiger partial charge in [-0.1, -0.05) is 20.8 Å². The molecule has 1 N–H and O–H groups in total. The van der Waals surface area contributed by atoms with Gasteiger partial charge in [0.15, 0.2) is 0 Å². The van der Waals surface area contributed by atoms with E-state index in [0.29, 0.717) is 0 Å². The maximum atomic E-state index is 11.8. The number of carbonyl (C=O) groups is 1. The van der Waals surface area contributed by atoms with E-state index in [2.05, 4.69) is 17.1 Å². The molecule has 4 heteroatoms. The third-order valence-corrected chi connectivity index (χ3v) is 2.69. The summed E-state index contributed by atoms with van der Waals surface area (Å²) in [4.78, 5) is 14.1. The second-order valence-corrected chi connectivity index (χ2v) is 5.54. The van der Waals surface area contributed by atoms with E-state index >= 15 is 0 Å². The molecule has 1 aliphatic heterocycles. The summed E-state index contributed by atoms with van der Waals surface area (Å²) >= 11 is 0. The van der Waals surface area contributed by atoms with E-state index < -0.39 is 0 Å². The maximum Gasteiger partial charge on any atom is 0.225 e. The number of morpholine rings is 1. The van der Waals surface area contributed by atoms with E-state index in [9.17, 15) is 4.79 Å². The summed E-state index contributed by atoms with van der Waals surface area (Å²) in [6, 6.07) is 0.199. The van der Waals surface area contributed by atoms with E-state index in [4.69, 9.17) is 4.74 Å². The number of hydrogen-bond acceptors (Lipinski definition) is 3. The molecule has 1 amide bonds. The van der Waals surface area contributed by atoms with Crippen LogP contribution in [0.15, 0.2) is 0 Å². The van der Waals surface area contributed by atoms with E-state index in [1.54, 1.807) is 0 Å². The molecule has 0 aromatic rings. The molecular weight excluding hydrogens is 204 g/mol. The van der Waals surface area contributed by atoms with Crippen LogP contribution in [0.5, 0.6) is 0 Å². The fourth-order valence-electron chi connectivity index (χ4n) is 1.66. The van der Waals surface area contributed by atoms with Crippen LogP contribution in [-0.2, 0) is 9.53 Å². The SMILES string of the molecule is C[C@@H](CN1CCOCC1)NC(=O)C(C)(C)C. The predicted molar refractivity (Wildman–Crippen MR) is 64.3 cm³/mol. The molecule has 0 aromatic heterocycles. The van der Waals surface area contributed by atoms with Crippen molar-refractivity contribution in [3.8, 4) is 0 Å². The quantitative estimate of drug-likeness (QED) is 0.779. The first-order chi connectivity index (χ1) is 7.39. The Kier molecular flexibility index (Phi) is 4.74. The Balaban J connectivity index is 2.29. The molecule has 16 heavy (non-hydrogen) atoms. The normalized spacial score (nSPS) is 20.5. The molecule has 1 rings (SSSR count). The van der Waals surface area contributed by atoms with E-state index in [1.807, 2.05) is 20.8 Å². The van der Waals surface area contributed by atoms with Crippen molar-refractivity contribution in [1.82, 2.24) is 10.2 Å². The van der Waals surface area contributed by atoms with E-state index in [1.165, 1.54) is 0 Å². The summed E-state index contributed by atoms with van der Waals surface area (Å²) in [7, 11) is 0. The summed E-state index contributed by atoms with van der Waals surface area (Å²) in [6.07, 6.45) is 0. The second kappa shape index (κ2) is 5.64. The number of nitrogens with zero attached hydrogens (tertiary/aromatic N) is 1. The molecule has 4 nitrogen and oxygen atoms in total. The average molecular weight is 228 g/mol. The lowest BCUT2D eigenvalue weighted by Gasteiger charge is -2.30. The Hall–Kier alpha value is -0.610. The highest BCUT2D eigenvalue weighted by Gasteiger charge is 2.23. The molecular formula is C12H24N2O2. The second-order valence-electron chi connectivity index (χ2n) is 5.54. The predicted octanol–water partition coefficient (Wildman–Crippen LogP) is 0.869. The lowest BCUT2D eigenvalue weighted by Crippen LogP contribution is -2.48. The van der Waals surface area contributed by atoms with Crippen LogP contribution in [-0.4, -0.2) is 49.7 Å². The van der Waals surface area contributed by atoms with Gasteiger partial charge in [0.05, 0.1) is 13.2 Å². The molecule has 1 aliphatic rings. The molecule has 1 saturated heterocycles. The van der Waals surface area contributed by atoms with Crippen molar-refractivity contribution in [3.63, 3.8) is 0 Å². The molecule has 1 fully saturated rings. The molecule has 0 aromatic carbocycles. The zero-order valence-electron chi connectivity index (χ0n) is 10.9. The molecule has 0 unspecified atom stereocenters. The van der Waals surface area contributed by atoms with E-state index in [0.717, 1.165) is 32.8 Å². The van der Waals surface area contributed by atoms with Crippen molar-refractivity contribution < 1.29 is 9.53 Å². The third-order valence-electron chi connectivity index (χ3n) is 2.69. The van der Waals surface area contributed by atoms with Crippen LogP contribution in [0.3, 0.4) is 0 Å². The van der Waals surface area contributed by atoms with Gasteiger partial charge < -0.3 is 10.1 Å². The van der Waals surface area contributed by atoms with Crippen molar-refractivity contribution >= 4 is 5.91 Å². The average Bonchev–Trinajstić information content (AvgIpc) is 2.17. The minimum atomic E-state index is -0.306. The maximum absolute atomic E-state index is 11.8. The lowest BCUT2D eigenvalue weighted by atomic mass is 9.95. The summed E-state index contributed by atoms with van der Waals surface area (Å²) in [6.45, 7) is 12.3. The minimum absolute atomic E-state index is 0.119. The smallest absolute Gasteiger partial charge is 0.225 e. The highest BCUT2D eigenvalue weighted by atomic mass is 16.5. The Bertz CT molecular complexity index is 230. The molecule has 94 valence electrons. The molecule has 0 aliphatic carbocycles. The summed E-state index contributed by atoms with van der Waals surface area (Å²) in [5, 5.41) is 3.05. The van der Waals surface area contributed by atoms with Gasteiger partial charge in [0, 0.05) is 31.1 Å². The lowest BCUT2D eigenvalue weighted by molar-refractivity contribution is -0.129. The van der Waals surface area contributed by atoms with Gasteiger partial charge >= 0.3 is 0 Å². The summed E-state index contributed by atoms with van der Waals surface area (Å²) in [5.41, 5.74) is -0.306. The van der Waals surface area contributed by atoms with Gasteiger partial charge in [-0.25, -0.2) is 0 Å². The zero-order valence-corrected chi connectivity index (χ0v) is 10.9. The fourth-order valence-corrected chi connectivity index (χ4v) is 1.66. The topological polar surface area (TPSA) is 41.6 Å². The minimum Gasteiger partial charge on any atom is -0.379 e. The Morgan fingerprint density at radius 3 is 2.44 bits per heavy atom. The van der Waals surface area contributed by atoms with Gasteiger partial charge in [-0.3, -0.25) is 9.69 Å². The summed E-state index contributed by atoms with van der Waals surface area (Å²) < 4.78 is 5.29. The van der Waals surface area contributed by atoms with Crippen molar-refractivity contribution in [1.29, 1.82) is 0 Å². The molecule has 0 spiro atoms. The van der Waals surface area contributed by atoms with Crippen LogP contribution in [0.2, 0.25) is 0 Å². The van der Waals surface area contributed by atoms with E-state index in [-0.39, 0.29) is 17.4 Å². The van der Waals surface area contributed by atoms with Crippen LogP contribution in [0.4, 0.5) is 0 Å². The highest BCUT2D eigenvalue weighted by molar-refractivity contribution is 5.81. The van der Waals surface area contributed by atoms with Crippen molar-refractivity contribution in [3.05, 3.63) is 0 Å². The van der Waals surface area contributed by atoms with Crippen molar-refractivity contribution in [2.45, 2.75) is 33.7 Å². The van der Waals surface area contributed by atoms with Crippen LogP contribution < -0.4 is 5.32 Å². The number of carbonyl (C=O) groups excluding carboxylic acids is 1. The molecule has 1 heterocycles. The summed E-state index contributed by atoms with van der Waals surface area (Å²) in [5.74, 6) is 0.119. The van der Waals surface area contributed by atoms with Gasteiger partial charge in [0.1, 0.15) is 0 Å². The molecule has 1 atom stereocenters. The number of rotatable bonds is 3. The van der Waals surface area contributed by atoms with Gasteiger partial charge in [-0.05, 0) is 6.92 Å². The van der Waals surface area contributed by atoms with Crippen LogP contribution >= 0.6 is 0 Å². The Morgan fingerprint density at radius 2 is 1.94 bits per heavy atom. The van der Waals surface area contributed by atoms with Crippen LogP contribution in [0.1, 0.15) is 27.7 Å². The molecule has 0 radical (unpaired) electrons. The third kappa shape index (κ3) is 4.49. The van der Waals surface area contributed by atoms with Gasteiger partial charge in [-0.2, -0.15) is 0 Å².